The predicted octanol–water partition coefficient (Wildman–Crippen LogP) is 0.226. The van der Waals surface area contributed by atoms with Crippen LogP contribution in [-0.4, -0.2) is 44.3 Å². The Balaban J connectivity index is 2.38. The second-order valence-corrected chi connectivity index (χ2v) is 5.49. The van der Waals surface area contributed by atoms with E-state index in [-0.39, 0.29) is 6.54 Å². The fraction of sp³-hybridized carbons (Fsp3) is 0.600. The first kappa shape index (κ1) is 14.7. The topological polar surface area (TPSA) is 93.2 Å². The lowest BCUT2D eigenvalue weighted by Gasteiger charge is -2.07. The van der Waals surface area contributed by atoms with Crippen LogP contribution in [0.25, 0.3) is 0 Å². The van der Waals surface area contributed by atoms with Gasteiger partial charge in [-0.05, 0) is 6.42 Å². The largest absolute Gasteiger partial charge is 0.478 e. The molecule has 0 atom stereocenters. The van der Waals surface area contributed by atoms with E-state index < -0.39 is 10.0 Å². The smallest absolute Gasteiger partial charge is 0.225 e. The Morgan fingerprint density at radius 2 is 2.17 bits per heavy atom. The Kier molecular flexibility index (Phi) is 5.79. The summed E-state index contributed by atoms with van der Waals surface area (Å²) in [5.74, 6) is 0.921. The van der Waals surface area contributed by atoms with Crippen LogP contribution < -0.4 is 14.8 Å². The standard InChI is InChI=1S/C10H18N4O3S/c1-3-8-17-9-4-5-11-10(14-9)12-6-7-13-18(2,15)16/h4-5,13H,3,6-8H2,1-2H3,(H,11,12,14). The van der Waals surface area contributed by atoms with Crippen LogP contribution in [0.4, 0.5) is 5.95 Å². The second-order valence-electron chi connectivity index (χ2n) is 3.66. The molecule has 0 fully saturated rings. The Labute approximate surface area is 107 Å². The van der Waals surface area contributed by atoms with Crippen LogP contribution in [0.15, 0.2) is 12.3 Å². The number of hydrogen-bond acceptors (Lipinski definition) is 6. The summed E-state index contributed by atoms with van der Waals surface area (Å²) in [4.78, 5) is 8.12. The van der Waals surface area contributed by atoms with E-state index in [1.54, 1.807) is 12.3 Å². The summed E-state index contributed by atoms with van der Waals surface area (Å²) in [5.41, 5.74) is 0. The molecule has 102 valence electrons. The summed E-state index contributed by atoms with van der Waals surface area (Å²) >= 11 is 0. The van der Waals surface area contributed by atoms with Crippen molar-refractivity contribution in [2.75, 3.05) is 31.3 Å². The molecule has 0 amide bonds. The Hall–Kier alpha value is -1.41. The van der Waals surface area contributed by atoms with Crippen molar-refractivity contribution < 1.29 is 13.2 Å². The SMILES string of the molecule is CCCOc1ccnc(NCCNS(C)(=O)=O)n1. The van der Waals surface area contributed by atoms with Crippen molar-refractivity contribution in [3.05, 3.63) is 12.3 Å². The third-order valence-electron chi connectivity index (χ3n) is 1.86. The Morgan fingerprint density at radius 3 is 2.83 bits per heavy atom. The highest BCUT2D eigenvalue weighted by Gasteiger charge is 2.01. The van der Waals surface area contributed by atoms with Gasteiger partial charge in [0, 0.05) is 25.4 Å². The molecule has 8 heteroatoms. The van der Waals surface area contributed by atoms with Gasteiger partial charge in [0.25, 0.3) is 0 Å². The number of aromatic nitrogens is 2. The molecule has 0 saturated carbocycles. The first-order chi connectivity index (χ1) is 8.51. The van der Waals surface area contributed by atoms with Crippen molar-refractivity contribution in [3.8, 4) is 5.88 Å². The van der Waals surface area contributed by atoms with Gasteiger partial charge >= 0.3 is 0 Å². The number of nitrogens with one attached hydrogen (secondary N) is 2. The molecule has 0 spiro atoms. The first-order valence-corrected chi connectivity index (χ1v) is 7.55. The third-order valence-corrected chi connectivity index (χ3v) is 2.58. The average molecular weight is 274 g/mol. The Bertz CT molecular complexity index is 464. The van der Waals surface area contributed by atoms with Crippen LogP contribution in [0.5, 0.6) is 5.88 Å². The molecule has 0 bridgehead atoms. The van der Waals surface area contributed by atoms with Crippen LogP contribution in [0.2, 0.25) is 0 Å². The number of anilines is 1. The van der Waals surface area contributed by atoms with Crippen LogP contribution in [0, 0.1) is 0 Å². The quantitative estimate of drug-likeness (QED) is 0.659. The van der Waals surface area contributed by atoms with Gasteiger partial charge in [0.15, 0.2) is 0 Å². The molecule has 1 rings (SSSR count). The molecule has 7 nitrogen and oxygen atoms in total. The monoisotopic (exact) mass is 274 g/mol. The molecule has 0 unspecified atom stereocenters. The van der Waals surface area contributed by atoms with Gasteiger partial charge < -0.3 is 10.1 Å². The lowest BCUT2D eigenvalue weighted by molar-refractivity contribution is 0.305. The molecule has 0 aliphatic rings. The van der Waals surface area contributed by atoms with E-state index in [0.29, 0.717) is 25.0 Å². The summed E-state index contributed by atoms with van der Waals surface area (Å²) in [7, 11) is -3.15. The molecule has 1 heterocycles. The lowest BCUT2D eigenvalue weighted by Crippen LogP contribution is -2.28. The zero-order valence-corrected chi connectivity index (χ0v) is 11.3. The molecule has 0 saturated heterocycles. The van der Waals surface area contributed by atoms with Gasteiger partial charge in [0.1, 0.15) is 0 Å². The summed E-state index contributed by atoms with van der Waals surface area (Å²) in [6, 6.07) is 1.68. The molecule has 2 N–H and O–H groups in total. The maximum absolute atomic E-state index is 10.8. The number of rotatable bonds is 8. The number of sulfonamides is 1. The van der Waals surface area contributed by atoms with Crippen molar-refractivity contribution in [1.29, 1.82) is 0 Å². The molecule has 0 aromatic carbocycles. The van der Waals surface area contributed by atoms with Crippen molar-refractivity contribution in [2.24, 2.45) is 0 Å². The van der Waals surface area contributed by atoms with Crippen molar-refractivity contribution in [2.45, 2.75) is 13.3 Å². The van der Waals surface area contributed by atoms with Gasteiger partial charge in [-0.25, -0.2) is 18.1 Å². The summed E-state index contributed by atoms with van der Waals surface area (Å²) < 4.78 is 29.4. The van der Waals surface area contributed by atoms with E-state index in [2.05, 4.69) is 20.0 Å². The number of nitrogens with zero attached hydrogens (tertiary/aromatic N) is 2. The van der Waals surface area contributed by atoms with E-state index in [4.69, 9.17) is 4.74 Å². The second kappa shape index (κ2) is 7.12. The summed E-state index contributed by atoms with van der Waals surface area (Å²) in [5, 5.41) is 2.90. The van der Waals surface area contributed by atoms with E-state index in [9.17, 15) is 8.42 Å². The van der Waals surface area contributed by atoms with E-state index in [0.717, 1.165) is 12.7 Å². The average Bonchev–Trinajstić information content (AvgIpc) is 2.31. The van der Waals surface area contributed by atoms with Crippen molar-refractivity contribution in [3.63, 3.8) is 0 Å². The van der Waals surface area contributed by atoms with Gasteiger partial charge in [-0.2, -0.15) is 4.98 Å². The molecule has 18 heavy (non-hydrogen) atoms. The van der Waals surface area contributed by atoms with Crippen molar-refractivity contribution in [1.82, 2.24) is 14.7 Å². The maximum Gasteiger partial charge on any atom is 0.225 e. The van der Waals surface area contributed by atoms with Gasteiger partial charge in [-0.1, -0.05) is 6.92 Å². The van der Waals surface area contributed by atoms with Gasteiger partial charge in [0.05, 0.1) is 12.9 Å². The summed E-state index contributed by atoms with van der Waals surface area (Å²) in [6.07, 6.45) is 3.61. The molecule has 0 radical (unpaired) electrons. The molecule has 0 aliphatic carbocycles. The van der Waals surface area contributed by atoms with Crippen molar-refractivity contribution >= 4 is 16.0 Å². The minimum atomic E-state index is -3.15. The molecular weight excluding hydrogens is 256 g/mol. The minimum Gasteiger partial charge on any atom is -0.478 e. The van der Waals surface area contributed by atoms with Gasteiger partial charge in [-0.15, -0.1) is 0 Å². The highest BCUT2D eigenvalue weighted by molar-refractivity contribution is 7.88. The third kappa shape index (κ3) is 6.36. The van der Waals surface area contributed by atoms with Gasteiger partial charge in [-0.3, -0.25) is 0 Å². The fourth-order valence-corrected chi connectivity index (χ4v) is 1.60. The van der Waals surface area contributed by atoms with Gasteiger partial charge in [0.2, 0.25) is 21.9 Å². The van der Waals surface area contributed by atoms with Crippen LogP contribution in [0.3, 0.4) is 0 Å². The Morgan fingerprint density at radius 1 is 1.39 bits per heavy atom. The van der Waals surface area contributed by atoms with Crippen LogP contribution in [0.1, 0.15) is 13.3 Å². The molecule has 1 aromatic heterocycles. The van der Waals surface area contributed by atoms with Crippen LogP contribution in [-0.2, 0) is 10.0 Å². The zero-order valence-electron chi connectivity index (χ0n) is 10.5. The molecule has 0 aliphatic heterocycles. The fourth-order valence-electron chi connectivity index (χ4n) is 1.13. The van der Waals surface area contributed by atoms with E-state index in [1.165, 1.54) is 0 Å². The van der Waals surface area contributed by atoms with E-state index >= 15 is 0 Å². The highest BCUT2D eigenvalue weighted by Crippen LogP contribution is 2.07. The lowest BCUT2D eigenvalue weighted by atomic mass is 10.5. The molecule has 1 aromatic rings. The minimum absolute atomic E-state index is 0.280. The first-order valence-electron chi connectivity index (χ1n) is 5.65. The number of ether oxygens (including phenoxy) is 1. The number of hydrogen-bond donors (Lipinski definition) is 2. The zero-order chi connectivity index (χ0) is 13.4. The van der Waals surface area contributed by atoms with E-state index in [1.807, 2.05) is 6.92 Å². The maximum atomic E-state index is 10.8. The van der Waals surface area contributed by atoms with Crippen LogP contribution >= 0.6 is 0 Å². The predicted molar refractivity (Wildman–Crippen MR) is 69.2 cm³/mol. The molecular formula is C10H18N4O3S. The highest BCUT2D eigenvalue weighted by atomic mass is 32.2. The summed E-state index contributed by atoms with van der Waals surface area (Å²) in [6.45, 7) is 3.30. The normalized spacial score (nSPS) is 11.2.